The molecule has 0 bridgehead atoms. The molecule has 1 saturated heterocycles. The van der Waals surface area contributed by atoms with E-state index in [4.69, 9.17) is 9.47 Å². The average molecular weight is 235 g/mol. The standard InChI is InChI=1S/C13H17NO3/c1-10-3-5-11(6-4-10)14(2)13(15)12-9-16-7-8-17-12/h3-6,12H,7-9H2,1-2H3. The number of benzene rings is 1. The van der Waals surface area contributed by atoms with Gasteiger partial charge in [0.05, 0.1) is 19.8 Å². The second kappa shape index (κ2) is 5.29. The van der Waals surface area contributed by atoms with Crippen molar-refractivity contribution < 1.29 is 14.3 Å². The van der Waals surface area contributed by atoms with E-state index in [1.807, 2.05) is 31.2 Å². The van der Waals surface area contributed by atoms with Gasteiger partial charge >= 0.3 is 0 Å². The van der Waals surface area contributed by atoms with Crippen LogP contribution in [0.25, 0.3) is 0 Å². The minimum absolute atomic E-state index is 0.0615. The summed E-state index contributed by atoms with van der Waals surface area (Å²) in [4.78, 5) is 13.7. The number of amides is 1. The highest BCUT2D eigenvalue weighted by Gasteiger charge is 2.26. The summed E-state index contributed by atoms with van der Waals surface area (Å²) in [6, 6.07) is 7.82. The summed E-state index contributed by atoms with van der Waals surface area (Å²) in [6.45, 7) is 3.41. The molecule has 0 spiro atoms. The highest BCUT2D eigenvalue weighted by molar-refractivity contribution is 5.96. The number of nitrogens with zero attached hydrogens (tertiary/aromatic N) is 1. The van der Waals surface area contributed by atoms with Gasteiger partial charge in [0.15, 0.2) is 6.10 Å². The van der Waals surface area contributed by atoms with Crippen LogP contribution in [0.3, 0.4) is 0 Å². The lowest BCUT2D eigenvalue weighted by Gasteiger charge is -2.26. The third kappa shape index (κ3) is 2.84. The minimum Gasteiger partial charge on any atom is -0.376 e. The molecule has 1 amide bonds. The van der Waals surface area contributed by atoms with E-state index in [9.17, 15) is 4.79 Å². The zero-order valence-corrected chi connectivity index (χ0v) is 10.2. The van der Waals surface area contributed by atoms with Gasteiger partial charge in [0.1, 0.15) is 0 Å². The summed E-state index contributed by atoms with van der Waals surface area (Å²) < 4.78 is 10.6. The van der Waals surface area contributed by atoms with Crippen LogP contribution in [0.4, 0.5) is 5.69 Å². The Morgan fingerprint density at radius 3 is 2.59 bits per heavy atom. The van der Waals surface area contributed by atoms with E-state index in [1.54, 1.807) is 11.9 Å². The van der Waals surface area contributed by atoms with E-state index >= 15 is 0 Å². The maximum absolute atomic E-state index is 12.1. The lowest BCUT2D eigenvalue weighted by atomic mass is 10.2. The van der Waals surface area contributed by atoms with Crippen molar-refractivity contribution in [3.8, 4) is 0 Å². The summed E-state index contributed by atoms with van der Waals surface area (Å²) in [5.41, 5.74) is 2.04. The number of carbonyl (C=O) groups is 1. The van der Waals surface area contributed by atoms with Crippen molar-refractivity contribution in [1.82, 2.24) is 0 Å². The van der Waals surface area contributed by atoms with Crippen LogP contribution in [-0.4, -0.2) is 38.9 Å². The van der Waals surface area contributed by atoms with Crippen LogP contribution in [-0.2, 0) is 14.3 Å². The maximum atomic E-state index is 12.1. The molecule has 1 heterocycles. The SMILES string of the molecule is Cc1ccc(N(C)C(=O)C2COCCO2)cc1. The van der Waals surface area contributed by atoms with E-state index in [1.165, 1.54) is 5.56 Å². The predicted molar refractivity (Wildman–Crippen MR) is 65.1 cm³/mol. The van der Waals surface area contributed by atoms with Crippen molar-refractivity contribution >= 4 is 11.6 Å². The summed E-state index contributed by atoms with van der Waals surface area (Å²) in [5.74, 6) is -0.0615. The molecule has 0 saturated carbocycles. The third-order valence-electron chi connectivity index (χ3n) is 2.84. The van der Waals surface area contributed by atoms with Crippen molar-refractivity contribution in [2.45, 2.75) is 13.0 Å². The second-order valence-electron chi connectivity index (χ2n) is 4.17. The summed E-state index contributed by atoms with van der Waals surface area (Å²) in [7, 11) is 1.75. The van der Waals surface area contributed by atoms with Crippen molar-refractivity contribution in [3.63, 3.8) is 0 Å². The Morgan fingerprint density at radius 1 is 1.29 bits per heavy atom. The Bertz CT molecular complexity index is 382. The van der Waals surface area contributed by atoms with Gasteiger partial charge in [-0.1, -0.05) is 17.7 Å². The van der Waals surface area contributed by atoms with Gasteiger partial charge in [-0.05, 0) is 19.1 Å². The Hall–Kier alpha value is -1.39. The van der Waals surface area contributed by atoms with Gasteiger partial charge in [-0.25, -0.2) is 0 Å². The van der Waals surface area contributed by atoms with Crippen LogP contribution >= 0.6 is 0 Å². The molecule has 4 heteroatoms. The lowest BCUT2D eigenvalue weighted by molar-refractivity contribution is -0.144. The second-order valence-corrected chi connectivity index (χ2v) is 4.17. The largest absolute Gasteiger partial charge is 0.376 e. The Labute approximate surface area is 101 Å². The smallest absolute Gasteiger partial charge is 0.258 e. The third-order valence-corrected chi connectivity index (χ3v) is 2.84. The normalized spacial score (nSPS) is 20.0. The number of aryl methyl sites for hydroxylation is 1. The summed E-state index contributed by atoms with van der Waals surface area (Å²) >= 11 is 0. The average Bonchev–Trinajstić information content (AvgIpc) is 2.39. The molecule has 1 aromatic rings. The monoisotopic (exact) mass is 235 g/mol. The number of likely N-dealkylation sites (N-methyl/N-ethyl adjacent to an activating group) is 1. The van der Waals surface area contributed by atoms with Crippen molar-refractivity contribution in [2.24, 2.45) is 0 Å². The molecule has 2 rings (SSSR count). The molecule has 1 unspecified atom stereocenters. The highest BCUT2D eigenvalue weighted by atomic mass is 16.6. The van der Waals surface area contributed by atoms with Gasteiger partial charge < -0.3 is 14.4 Å². The van der Waals surface area contributed by atoms with Crippen molar-refractivity contribution in [1.29, 1.82) is 0 Å². The molecule has 4 nitrogen and oxygen atoms in total. The Balaban J connectivity index is 2.05. The number of ether oxygens (including phenoxy) is 2. The number of hydrogen-bond acceptors (Lipinski definition) is 3. The molecule has 1 fully saturated rings. The topological polar surface area (TPSA) is 38.8 Å². The van der Waals surface area contributed by atoms with Crippen LogP contribution in [0, 0.1) is 6.92 Å². The molecule has 0 radical (unpaired) electrons. The maximum Gasteiger partial charge on any atom is 0.258 e. The number of hydrogen-bond donors (Lipinski definition) is 0. The molecular formula is C13H17NO3. The van der Waals surface area contributed by atoms with E-state index in [2.05, 4.69) is 0 Å². The number of anilines is 1. The molecule has 1 aliphatic rings. The molecule has 1 aliphatic heterocycles. The van der Waals surface area contributed by atoms with Crippen LogP contribution in [0.15, 0.2) is 24.3 Å². The van der Waals surface area contributed by atoms with Crippen LogP contribution < -0.4 is 4.90 Å². The Morgan fingerprint density at radius 2 is 2.00 bits per heavy atom. The molecule has 92 valence electrons. The van der Waals surface area contributed by atoms with Gasteiger partial charge in [0.2, 0.25) is 0 Å². The molecule has 0 aromatic heterocycles. The molecule has 17 heavy (non-hydrogen) atoms. The first kappa shape index (κ1) is 12.1. The summed E-state index contributed by atoms with van der Waals surface area (Å²) in [5, 5.41) is 0. The van der Waals surface area contributed by atoms with Gasteiger partial charge in [0.25, 0.3) is 5.91 Å². The fraction of sp³-hybridized carbons (Fsp3) is 0.462. The van der Waals surface area contributed by atoms with Gasteiger partial charge in [0, 0.05) is 12.7 Å². The zero-order valence-electron chi connectivity index (χ0n) is 10.2. The first-order chi connectivity index (χ1) is 8.18. The fourth-order valence-electron chi connectivity index (χ4n) is 1.74. The zero-order chi connectivity index (χ0) is 12.3. The predicted octanol–water partition coefficient (Wildman–Crippen LogP) is 1.37. The van der Waals surface area contributed by atoms with Crippen LogP contribution in [0.1, 0.15) is 5.56 Å². The summed E-state index contributed by atoms with van der Waals surface area (Å²) in [6.07, 6.45) is -0.477. The lowest BCUT2D eigenvalue weighted by Crippen LogP contribution is -2.43. The van der Waals surface area contributed by atoms with E-state index in [0.717, 1.165) is 5.69 Å². The Kier molecular flexibility index (Phi) is 3.76. The van der Waals surface area contributed by atoms with E-state index in [-0.39, 0.29) is 5.91 Å². The first-order valence-electron chi connectivity index (χ1n) is 5.72. The number of carbonyl (C=O) groups excluding carboxylic acids is 1. The van der Waals surface area contributed by atoms with Crippen molar-refractivity contribution in [2.75, 3.05) is 31.8 Å². The molecule has 0 aliphatic carbocycles. The quantitative estimate of drug-likeness (QED) is 0.777. The van der Waals surface area contributed by atoms with Crippen molar-refractivity contribution in [3.05, 3.63) is 29.8 Å². The highest BCUT2D eigenvalue weighted by Crippen LogP contribution is 2.16. The van der Waals surface area contributed by atoms with E-state index in [0.29, 0.717) is 19.8 Å². The molecular weight excluding hydrogens is 218 g/mol. The fourth-order valence-corrected chi connectivity index (χ4v) is 1.74. The van der Waals surface area contributed by atoms with Gasteiger partial charge in [-0.2, -0.15) is 0 Å². The van der Waals surface area contributed by atoms with Gasteiger partial charge in [-0.15, -0.1) is 0 Å². The first-order valence-corrected chi connectivity index (χ1v) is 5.72. The van der Waals surface area contributed by atoms with E-state index < -0.39 is 6.10 Å². The van der Waals surface area contributed by atoms with Crippen LogP contribution in [0.2, 0.25) is 0 Å². The molecule has 1 atom stereocenters. The molecule has 0 N–H and O–H groups in total. The molecule has 1 aromatic carbocycles. The number of rotatable bonds is 2. The van der Waals surface area contributed by atoms with Gasteiger partial charge in [-0.3, -0.25) is 4.79 Å². The van der Waals surface area contributed by atoms with Crippen LogP contribution in [0.5, 0.6) is 0 Å². The minimum atomic E-state index is -0.477.